The molecule has 0 aromatic heterocycles. The van der Waals surface area contributed by atoms with E-state index in [4.69, 9.17) is 18.5 Å². The molecule has 0 aliphatic carbocycles. The van der Waals surface area contributed by atoms with E-state index >= 15 is 0 Å². The summed E-state index contributed by atoms with van der Waals surface area (Å²) in [5.41, 5.74) is 0. The number of allylic oxidation sites excluding steroid dienone is 10. The fraction of sp³-hybridized carbons (Fsp3) is 0.657. The molecule has 258 valence electrons. The molecule has 0 saturated carbocycles. The fourth-order valence-electron chi connectivity index (χ4n) is 3.74. The molecular weight excluding hydrogens is 593 g/mol. The van der Waals surface area contributed by atoms with E-state index in [1.165, 1.54) is 19.3 Å². The SMILES string of the molecule is CC/C=C/C=C/C=C/C=C/CCCCCC(=O)OC(COC(=O)CC/C=C/CCCCCC)COP(=O)(O)OCC[N+](C)(C)C. The third-order valence-corrected chi connectivity index (χ3v) is 7.37. The maximum absolute atomic E-state index is 12.5. The van der Waals surface area contributed by atoms with Gasteiger partial charge in [0.2, 0.25) is 0 Å². The zero-order valence-electron chi connectivity index (χ0n) is 28.6. The molecule has 0 bridgehead atoms. The van der Waals surface area contributed by atoms with Gasteiger partial charge < -0.3 is 18.9 Å². The molecule has 0 amide bonds. The lowest BCUT2D eigenvalue weighted by Gasteiger charge is -2.24. The van der Waals surface area contributed by atoms with Crippen LogP contribution in [-0.2, 0) is 32.7 Å². The van der Waals surface area contributed by atoms with Gasteiger partial charge in [0.05, 0.1) is 27.7 Å². The molecule has 0 saturated heterocycles. The van der Waals surface area contributed by atoms with Crippen molar-refractivity contribution in [2.75, 3.05) is 47.5 Å². The van der Waals surface area contributed by atoms with Gasteiger partial charge in [-0.1, -0.05) is 100 Å². The van der Waals surface area contributed by atoms with Gasteiger partial charge in [0.1, 0.15) is 19.8 Å². The zero-order valence-corrected chi connectivity index (χ0v) is 29.5. The van der Waals surface area contributed by atoms with E-state index in [1.807, 2.05) is 63.7 Å². The van der Waals surface area contributed by atoms with Crippen molar-refractivity contribution in [1.29, 1.82) is 0 Å². The monoisotopic (exact) mass is 654 g/mol. The maximum Gasteiger partial charge on any atom is 0.472 e. The van der Waals surface area contributed by atoms with Crippen LogP contribution in [0.4, 0.5) is 0 Å². The molecule has 45 heavy (non-hydrogen) atoms. The summed E-state index contributed by atoms with van der Waals surface area (Å²) >= 11 is 0. The molecule has 0 spiro atoms. The molecule has 9 nitrogen and oxygen atoms in total. The van der Waals surface area contributed by atoms with Gasteiger partial charge in [-0.05, 0) is 44.9 Å². The summed E-state index contributed by atoms with van der Waals surface area (Å²) in [6, 6.07) is 0. The van der Waals surface area contributed by atoms with Crippen LogP contribution in [0.1, 0.15) is 97.3 Å². The second kappa shape index (κ2) is 28.0. The minimum atomic E-state index is -4.38. The summed E-state index contributed by atoms with van der Waals surface area (Å²) in [4.78, 5) is 34.9. The first kappa shape index (κ1) is 42.7. The van der Waals surface area contributed by atoms with Crippen LogP contribution in [0.15, 0.2) is 60.8 Å². The number of phosphoric acid groups is 1. The van der Waals surface area contributed by atoms with Gasteiger partial charge >= 0.3 is 19.8 Å². The molecule has 0 aliphatic rings. The molecule has 0 aromatic rings. The van der Waals surface area contributed by atoms with Crippen LogP contribution in [0.3, 0.4) is 0 Å². The van der Waals surface area contributed by atoms with Crippen molar-refractivity contribution in [2.45, 2.75) is 103 Å². The van der Waals surface area contributed by atoms with Crippen molar-refractivity contribution in [1.82, 2.24) is 0 Å². The van der Waals surface area contributed by atoms with Crippen molar-refractivity contribution >= 4 is 19.8 Å². The van der Waals surface area contributed by atoms with Crippen molar-refractivity contribution in [3.8, 4) is 0 Å². The van der Waals surface area contributed by atoms with E-state index in [-0.39, 0.29) is 26.1 Å². The predicted octanol–water partition coefficient (Wildman–Crippen LogP) is 8.17. The third kappa shape index (κ3) is 31.5. The Labute approximate surface area is 273 Å². The van der Waals surface area contributed by atoms with E-state index < -0.39 is 32.5 Å². The van der Waals surface area contributed by atoms with Crippen LogP contribution in [0.2, 0.25) is 0 Å². The fourth-order valence-corrected chi connectivity index (χ4v) is 4.49. The number of hydrogen-bond acceptors (Lipinski definition) is 7. The number of rotatable bonds is 28. The number of quaternary nitrogens is 1. The lowest BCUT2D eigenvalue weighted by molar-refractivity contribution is -0.870. The summed E-state index contributed by atoms with van der Waals surface area (Å²) in [5, 5.41) is 0. The summed E-state index contributed by atoms with van der Waals surface area (Å²) < 4.78 is 33.8. The molecule has 0 aliphatic heterocycles. The van der Waals surface area contributed by atoms with Crippen LogP contribution < -0.4 is 0 Å². The molecule has 0 fully saturated rings. The van der Waals surface area contributed by atoms with E-state index in [0.29, 0.717) is 23.9 Å². The number of phosphoric ester groups is 1. The summed E-state index contributed by atoms with van der Waals surface area (Å²) in [5.74, 6) is -0.919. The van der Waals surface area contributed by atoms with Crippen LogP contribution in [-0.4, -0.2) is 74.9 Å². The number of likely N-dealkylation sites (N-methyl/N-ethyl adjacent to an activating group) is 1. The Kier molecular flexibility index (Phi) is 26.6. The van der Waals surface area contributed by atoms with Crippen molar-refractivity contribution in [3.63, 3.8) is 0 Å². The van der Waals surface area contributed by atoms with Gasteiger partial charge in [-0.3, -0.25) is 18.6 Å². The van der Waals surface area contributed by atoms with Crippen LogP contribution in [0, 0.1) is 0 Å². The number of esters is 2. The van der Waals surface area contributed by atoms with Crippen molar-refractivity contribution in [3.05, 3.63) is 60.8 Å². The van der Waals surface area contributed by atoms with Gasteiger partial charge in [0.15, 0.2) is 6.10 Å². The third-order valence-electron chi connectivity index (χ3n) is 6.39. The second-order valence-electron chi connectivity index (χ2n) is 11.9. The second-order valence-corrected chi connectivity index (χ2v) is 13.4. The van der Waals surface area contributed by atoms with Gasteiger partial charge in [0.25, 0.3) is 0 Å². The van der Waals surface area contributed by atoms with Gasteiger partial charge in [-0.15, -0.1) is 0 Å². The van der Waals surface area contributed by atoms with Gasteiger partial charge in [0, 0.05) is 12.8 Å². The van der Waals surface area contributed by atoms with Crippen LogP contribution >= 0.6 is 7.82 Å². The molecule has 1 N–H and O–H groups in total. The first-order valence-electron chi connectivity index (χ1n) is 16.6. The molecular formula is C35H61NO8P+. The van der Waals surface area contributed by atoms with Crippen molar-refractivity contribution in [2.24, 2.45) is 0 Å². The van der Waals surface area contributed by atoms with Gasteiger partial charge in [-0.25, -0.2) is 4.57 Å². The molecule has 2 atom stereocenters. The number of hydrogen-bond donors (Lipinski definition) is 1. The Balaban J connectivity index is 4.66. The molecule has 0 rings (SSSR count). The standard InChI is InChI=1S/C35H60NO8P/c1-6-8-10-12-14-16-17-18-19-20-22-24-26-28-35(38)44-33(32-43-45(39,40)42-30-29-36(3,4)5)31-41-34(37)27-25-23-21-15-13-11-9-7-2/h8,10,12,14,16-19,21,23,33H,6-7,9,11,13,15,20,22,24-32H2,1-5H3/p+1/b10-8+,14-12+,17-16+,19-18+,23-21+. The molecule has 10 heteroatoms. The highest BCUT2D eigenvalue weighted by Gasteiger charge is 2.27. The Morgan fingerprint density at radius 1 is 0.711 bits per heavy atom. The van der Waals surface area contributed by atoms with E-state index in [0.717, 1.165) is 38.5 Å². The van der Waals surface area contributed by atoms with Crippen LogP contribution in [0.5, 0.6) is 0 Å². The molecule has 2 unspecified atom stereocenters. The van der Waals surface area contributed by atoms with E-state index in [1.54, 1.807) is 0 Å². The highest BCUT2D eigenvalue weighted by molar-refractivity contribution is 7.47. The molecule has 0 radical (unpaired) electrons. The average Bonchev–Trinajstić information content (AvgIpc) is 2.97. The van der Waals surface area contributed by atoms with Crippen LogP contribution in [0.25, 0.3) is 0 Å². The lowest BCUT2D eigenvalue weighted by atomic mass is 10.1. The van der Waals surface area contributed by atoms with Gasteiger partial charge in [-0.2, -0.15) is 0 Å². The summed E-state index contributed by atoms with van der Waals surface area (Å²) in [7, 11) is 1.42. The first-order valence-corrected chi connectivity index (χ1v) is 18.1. The highest BCUT2D eigenvalue weighted by Crippen LogP contribution is 2.43. The summed E-state index contributed by atoms with van der Waals surface area (Å²) in [6.07, 6.45) is 30.2. The Morgan fingerprint density at radius 2 is 1.33 bits per heavy atom. The topological polar surface area (TPSA) is 108 Å². The number of nitrogens with zero attached hydrogens (tertiary/aromatic N) is 1. The number of unbranched alkanes of at least 4 members (excludes halogenated alkanes) is 7. The zero-order chi connectivity index (χ0) is 33.7. The average molecular weight is 655 g/mol. The molecule has 0 heterocycles. The minimum absolute atomic E-state index is 0.0159. The largest absolute Gasteiger partial charge is 0.472 e. The normalized spacial score (nSPS) is 14.7. The Morgan fingerprint density at radius 3 is 2.00 bits per heavy atom. The lowest BCUT2D eigenvalue weighted by Crippen LogP contribution is -2.37. The number of carbonyl (C=O) groups excluding carboxylic acids is 2. The number of ether oxygens (including phenoxy) is 2. The summed E-state index contributed by atoms with van der Waals surface area (Å²) in [6.45, 7) is 4.08. The first-order chi connectivity index (χ1) is 21.5. The predicted molar refractivity (Wildman–Crippen MR) is 183 cm³/mol. The van der Waals surface area contributed by atoms with E-state index in [2.05, 4.69) is 32.1 Å². The Bertz CT molecular complexity index is 965. The van der Waals surface area contributed by atoms with Crippen molar-refractivity contribution < 1.29 is 42.1 Å². The maximum atomic E-state index is 12.5. The Hall–Kier alpha value is -2.29. The van der Waals surface area contributed by atoms with E-state index in [9.17, 15) is 19.0 Å². The smallest absolute Gasteiger partial charge is 0.462 e. The minimum Gasteiger partial charge on any atom is -0.462 e. The molecule has 0 aromatic carbocycles. The number of carbonyl (C=O) groups is 2. The highest BCUT2D eigenvalue weighted by atomic mass is 31.2. The quantitative estimate of drug-likeness (QED) is 0.0225.